The van der Waals surface area contributed by atoms with E-state index < -0.39 is 0 Å². The minimum absolute atomic E-state index is 1.13. The standard InChI is InChI=1S/C31H23N/c1-21-9-6-7-12-26(21)27-17-15-23(19-22(27)2)24-16-18-31-29(20-24)28-13-8-14-30(28)32(31)25-10-4-3-5-11-25/h3-13,15-20H,1-2H3. The lowest BCUT2D eigenvalue weighted by molar-refractivity contribution is 1.07. The minimum Gasteiger partial charge on any atom is -0.303 e. The second kappa shape index (κ2) is 7.27. The molecule has 1 heterocycles. The van der Waals surface area contributed by atoms with Crippen LogP contribution in [-0.4, -0.2) is 4.57 Å². The van der Waals surface area contributed by atoms with Crippen LogP contribution in [0.2, 0.25) is 0 Å². The van der Waals surface area contributed by atoms with Crippen LogP contribution in [0.15, 0.2) is 97.1 Å². The van der Waals surface area contributed by atoms with Crippen LogP contribution in [0, 0.1) is 13.8 Å². The third-order valence-electron chi connectivity index (χ3n) is 6.49. The van der Waals surface area contributed by atoms with Crippen molar-refractivity contribution in [3.8, 4) is 27.9 Å². The van der Waals surface area contributed by atoms with Gasteiger partial charge in [-0.3, -0.25) is 0 Å². The van der Waals surface area contributed by atoms with E-state index in [-0.39, 0.29) is 0 Å². The summed E-state index contributed by atoms with van der Waals surface area (Å²) in [5, 5.41) is 3.65. The summed E-state index contributed by atoms with van der Waals surface area (Å²) in [6.45, 7) is 4.39. The van der Waals surface area contributed by atoms with E-state index in [1.54, 1.807) is 0 Å². The molecule has 6 rings (SSSR count). The van der Waals surface area contributed by atoms with Crippen LogP contribution < -0.4 is 10.6 Å². The van der Waals surface area contributed by atoms with Crippen molar-refractivity contribution >= 4 is 22.7 Å². The molecule has 0 unspecified atom stereocenters. The zero-order valence-electron chi connectivity index (χ0n) is 18.3. The lowest BCUT2D eigenvalue weighted by Crippen LogP contribution is -2.25. The molecule has 1 aliphatic carbocycles. The molecule has 0 amide bonds. The molecule has 0 bridgehead atoms. The summed E-state index contributed by atoms with van der Waals surface area (Å²) in [7, 11) is 0. The Morgan fingerprint density at radius 3 is 2.19 bits per heavy atom. The van der Waals surface area contributed by atoms with E-state index in [0.717, 1.165) is 5.35 Å². The molecule has 0 fully saturated rings. The molecule has 4 aromatic carbocycles. The first-order valence-electron chi connectivity index (χ1n) is 11.0. The first-order valence-corrected chi connectivity index (χ1v) is 11.0. The van der Waals surface area contributed by atoms with Gasteiger partial charge in [0.25, 0.3) is 0 Å². The second-order valence-electron chi connectivity index (χ2n) is 8.49. The molecule has 0 saturated heterocycles. The number of benzene rings is 4. The maximum Gasteiger partial charge on any atom is 0.0971 e. The summed E-state index contributed by atoms with van der Waals surface area (Å²) >= 11 is 0. The molecular weight excluding hydrogens is 386 g/mol. The van der Waals surface area contributed by atoms with Crippen molar-refractivity contribution in [2.24, 2.45) is 0 Å². The summed E-state index contributed by atoms with van der Waals surface area (Å²) in [6.07, 6.45) is 4.20. The van der Waals surface area contributed by atoms with E-state index in [4.69, 9.17) is 0 Å². The molecule has 1 heteroatoms. The molecule has 0 aliphatic heterocycles. The predicted molar refractivity (Wildman–Crippen MR) is 135 cm³/mol. The summed E-state index contributed by atoms with van der Waals surface area (Å²) < 4.78 is 2.31. The number of hydrogen-bond donors (Lipinski definition) is 0. The van der Waals surface area contributed by atoms with Gasteiger partial charge in [-0.1, -0.05) is 72.5 Å². The molecule has 1 aliphatic rings. The van der Waals surface area contributed by atoms with Crippen LogP contribution in [0.5, 0.6) is 0 Å². The highest BCUT2D eigenvalue weighted by Gasteiger charge is 2.13. The number of para-hydroxylation sites is 1. The van der Waals surface area contributed by atoms with Gasteiger partial charge < -0.3 is 4.57 Å². The minimum atomic E-state index is 1.13. The Hall–Kier alpha value is -4.06. The number of aromatic nitrogens is 1. The molecule has 0 N–H and O–H groups in total. The van der Waals surface area contributed by atoms with Gasteiger partial charge in [0.15, 0.2) is 0 Å². The Bertz CT molecular complexity index is 1660. The van der Waals surface area contributed by atoms with Gasteiger partial charge in [0.05, 0.1) is 10.9 Å². The Morgan fingerprint density at radius 2 is 1.38 bits per heavy atom. The SMILES string of the molecule is Cc1ccccc1-c1ccc(-c2ccc3c(c2)c2c(n3-c3ccccc3)=C=CC=2)cc1C. The fourth-order valence-electron chi connectivity index (χ4n) is 4.88. The second-order valence-corrected chi connectivity index (χ2v) is 8.49. The summed E-state index contributed by atoms with van der Waals surface area (Å²) in [5.41, 5.74) is 13.5. The van der Waals surface area contributed by atoms with Gasteiger partial charge >= 0.3 is 0 Å². The van der Waals surface area contributed by atoms with Crippen molar-refractivity contribution in [3.05, 3.63) is 119 Å². The van der Waals surface area contributed by atoms with Gasteiger partial charge in [0.2, 0.25) is 0 Å². The molecule has 0 atom stereocenters. The van der Waals surface area contributed by atoms with Gasteiger partial charge in [0.1, 0.15) is 0 Å². The highest BCUT2D eigenvalue weighted by Crippen LogP contribution is 2.31. The number of allylic oxidation sites excluding steroid dienone is 1. The zero-order valence-corrected chi connectivity index (χ0v) is 18.3. The molecule has 5 aromatic rings. The Kier molecular flexibility index (Phi) is 4.24. The third kappa shape index (κ3) is 2.87. The lowest BCUT2D eigenvalue weighted by atomic mass is 9.93. The molecular formula is C31H23N. The van der Waals surface area contributed by atoms with Crippen LogP contribution in [0.4, 0.5) is 0 Å². The maximum atomic E-state index is 3.44. The number of nitrogens with zero attached hydrogens (tertiary/aromatic N) is 1. The van der Waals surface area contributed by atoms with Gasteiger partial charge in [-0.05, 0) is 83.6 Å². The van der Waals surface area contributed by atoms with Crippen molar-refractivity contribution in [2.45, 2.75) is 13.8 Å². The Morgan fingerprint density at radius 1 is 0.656 bits per heavy atom. The Balaban J connectivity index is 1.51. The number of fused-ring (bicyclic) bond motifs is 3. The average molecular weight is 410 g/mol. The van der Waals surface area contributed by atoms with E-state index >= 15 is 0 Å². The van der Waals surface area contributed by atoms with Crippen LogP contribution >= 0.6 is 0 Å². The fourth-order valence-corrected chi connectivity index (χ4v) is 4.88. The third-order valence-corrected chi connectivity index (χ3v) is 6.49. The fraction of sp³-hybridized carbons (Fsp3) is 0.0645. The largest absolute Gasteiger partial charge is 0.303 e. The molecule has 1 aromatic heterocycles. The highest BCUT2D eigenvalue weighted by molar-refractivity contribution is 5.90. The summed E-state index contributed by atoms with van der Waals surface area (Å²) in [6, 6.07) is 32.8. The van der Waals surface area contributed by atoms with Gasteiger partial charge in [-0.15, -0.1) is 0 Å². The molecule has 0 radical (unpaired) electrons. The van der Waals surface area contributed by atoms with Gasteiger partial charge in [-0.2, -0.15) is 0 Å². The predicted octanol–water partition coefficient (Wildman–Crippen LogP) is 6.31. The monoisotopic (exact) mass is 409 g/mol. The summed E-state index contributed by atoms with van der Waals surface area (Å²) in [4.78, 5) is 0. The quantitative estimate of drug-likeness (QED) is 0.329. The van der Waals surface area contributed by atoms with E-state index in [1.807, 2.05) is 6.08 Å². The molecule has 152 valence electrons. The van der Waals surface area contributed by atoms with E-state index in [0.29, 0.717) is 0 Å². The van der Waals surface area contributed by atoms with Crippen LogP contribution in [0.3, 0.4) is 0 Å². The van der Waals surface area contributed by atoms with Crippen LogP contribution in [0.1, 0.15) is 11.1 Å². The van der Waals surface area contributed by atoms with E-state index in [9.17, 15) is 0 Å². The molecule has 32 heavy (non-hydrogen) atoms. The highest BCUT2D eigenvalue weighted by atomic mass is 15.0. The topological polar surface area (TPSA) is 4.93 Å². The smallest absolute Gasteiger partial charge is 0.0971 e. The van der Waals surface area contributed by atoms with Crippen molar-refractivity contribution in [1.29, 1.82) is 0 Å². The van der Waals surface area contributed by atoms with Gasteiger partial charge in [-0.25, -0.2) is 0 Å². The number of aryl methyl sites for hydroxylation is 2. The average Bonchev–Trinajstić information content (AvgIpc) is 3.41. The van der Waals surface area contributed by atoms with Gasteiger partial charge in [0, 0.05) is 16.3 Å². The van der Waals surface area contributed by atoms with E-state index in [1.165, 1.54) is 55.2 Å². The Labute approximate surface area is 187 Å². The molecule has 0 saturated carbocycles. The number of rotatable bonds is 3. The first kappa shape index (κ1) is 18.7. The van der Waals surface area contributed by atoms with Crippen LogP contribution in [0.25, 0.3) is 50.7 Å². The van der Waals surface area contributed by atoms with Crippen molar-refractivity contribution in [2.75, 3.05) is 0 Å². The van der Waals surface area contributed by atoms with Crippen molar-refractivity contribution in [1.82, 2.24) is 4.57 Å². The van der Waals surface area contributed by atoms with E-state index in [2.05, 4.69) is 121 Å². The molecule has 1 nitrogen and oxygen atoms in total. The van der Waals surface area contributed by atoms with Crippen molar-refractivity contribution in [3.63, 3.8) is 0 Å². The van der Waals surface area contributed by atoms with Crippen LogP contribution in [-0.2, 0) is 0 Å². The normalized spacial score (nSPS) is 11.9. The maximum absolute atomic E-state index is 3.44. The number of hydrogen-bond acceptors (Lipinski definition) is 0. The lowest BCUT2D eigenvalue weighted by Gasteiger charge is -2.12. The first-order chi connectivity index (χ1) is 15.7. The van der Waals surface area contributed by atoms with Crippen molar-refractivity contribution < 1.29 is 0 Å². The molecule has 0 spiro atoms. The summed E-state index contributed by atoms with van der Waals surface area (Å²) in [5.74, 6) is 0. The zero-order chi connectivity index (χ0) is 21.7.